The fourth-order valence-electron chi connectivity index (χ4n) is 16.6. The van der Waals surface area contributed by atoms with Crippen LogP contribution < -0.4 is 0 Å². The van der Waals surface area contributed by atoms with Crippen molar-refractivity contribution in [1.82, 2.24) is 0 Å². The van der Waals surface area contributed by atoms with Gasteiger partial charge < -0.3 is 40.9 Å². The summed E-state index contributed by atoms with van der Waals surface area (Å²) >= 11 is 0. The van der Waals surface area contributed by atoms with Crippen LogP contribution in [0.2, 0.25) is 0 Å². The van der Waals surface area contributed by atoms with Crippen molar-refractivity contribution in [2.75, 3.05) is 0 Å². The number of benzene rings is 8. The molecule has 8 aromatic rings. The van der Waals surface area contributed by atoms with Crippen LogP contribution in [0.15, 0.2) is 97.1 Å². The van der Waals surface area contributed by atoms with E-state index in [2.05, 4.69) is 0 Å². The Kier molecular flexibility index (Phi) is 35.6. The van der Waals surface area contributed by atoms with E-state index in [0.717, 1.165) is 103 Å². The molecule has 1 aliphatic rings. The van der Waals surface area contributed by atoms with Crippen LogP contribution in [0.4, 0.5) is 0 Å². The van der Waals surface area contributed by atoms with Gasteiger partial charge >= 0.3 is 0 Å². The molecule has 1 aliphatic carbocycles. The van der Waals surface area contributed by atoms with Gasteiger partial charge in [-0.15, -0.1) is 0 Å². The highest BCUT2D eigenvalue weighted by molar-refractivity contribution is 6.01. The lowest BCUT2D eigenvalue weighted by atomic mass is 9.86. The normalized spacial score (nSPS) is 12.3. The lowest BCUT2D eigenvalue weighted by Crippen LogP contribution is -2.08. The smallest absolute Gasteiger partial charge is 0.162 e. The van der Waals surface area contributed by atoms with Crippen molar-refractivity contribution in [3.8, 4) is 46.0 Å². The lowest BCUT2D eigenvalue weighted by Gasteiger charge is -2.20. The van der Waals surface area contributed by atoms with Crippen LogP contribution >= 0.6 is 0 Å². The van der Waals surface area contributed by atoms with E-state index in [0.29, 0.717) is 51.4 Å². The third-order valence-corrected chi connectivity index (χ3v) is 23.8. The Morgan fingerprint density at radius 1 is 0.167 bits per heavy atom. The van der Waals surface area contributed by atoms with E-state index in [1.807, 2.05) is 55.4 Å². The number of ketones is 8. The van der Waals surface area contributed by atoms with E-state index < -0.39 is 0 Å². The van der Waals surface area contributed by atoms with Gasteiger partial charge in [-0.1, -0.05) is 158 Å². The van der Waals surface area contributed by atoms with Crippen LogP contribution in [0, 0.1) is 0 Å². The largest absolute Gasteiger partial charge is 0.507 e. The SMILES string of the molecule is CCCCCC(=O)c1cc2c(O)c(c1)Cc1cc(C(=O)CCCCC)cc(c1O)Cc1cc(C(=O)CCCCC)cc(c1O)Cc1cc(C(=O)CCCCC)cc(c1O)Cc1cc(C(=O)CCCCC)cc(c1O)Cc1cc(C(=O)CCCCC)cc(c1O)Cc1cc(C(=O)CCCCC)cc(c1O)Cc1cc(C(=O)CCCCC)cc(c1O)C2. The zero-order valence-electron chi connectivity index (χ0n) is 72.4. The molecular formula is C104H128O16. The fourth-order valence-corrected chi connectivity index (χ4v) is 16.6. The second-order valence-corrected chi connectivity index (χ2v) is 33.6. The Morgan fingerprint density at radius 3 is 0.325 bits per heavy atom. The third-order valence-electron chi connectivity index (χ3n) is 23.8. The number of phenolic OH excluding ortho intramolecular Hbond substituents is 8. The first-order chi connectivity index (χ1) is 57.8. The highest BCUT2D eigenvalue weighted by Gasteiger charge is 2.29. The topological polar surface area (TPSA) is 298 Å². The number of hydrogen-bond acceptors (Lipinski definition) is 16. The minimum atomic E-state index is -0.306. The molecule has 0 aromatic heterocycles. The van der Waals surface area contributed by atoms with Crippen LogP contribution in [-0.2, 0) is 51.4 Å². The molecule has 0 radical (unpaired) electrons. The first kappa shape index (κ1) is 93.4. The monoisotopic (exact) mass is 1630 g/mol. The van der Waals surface area contributed by atoms with Crippen LogP contribution in [0.5, 0.6) is 46.0 Å². The molecule has 0 saturated carbocycles. The van der Waals surface area contributed by atoms with Gasteiger partial charge in [0, 0.05) is 147 Å². The van der Waals surface area contributed by atoms with Gasteiger partial charge in [0.25, 0.3) is 0 Å². The number of hydrogen-bond donors (Lipinski definition) is 8. The number of rotatable bonds is 40. The predicted octanol–water partition coefficient (Wildman–Crippen LogP) is 24.5. The number of aromatic hydroxyl groups is 8. The van der Waals surface area contributed by atoms with Gasteiger partial charge in [-0.2, -0.15) is 0 Å². The summed E-state index contributed by atoms with van der Waals surface area (Å²) in [5, 5.41) is 104. The number of phenols is 8. The molecule has 9 rings (SSSR count). The third kappa shape index (κ3) is 24.9. The number of unbranched alkanes of at least 4 members (excludes halogenated alkanes) is 16. The molecule has 0 fully saturated rings. The number of Topliss-reactive ketones (excluding diaryl/α,β-unsaturated/α-hetero) is 8. The van der Waals surface area contributed by atoms with Gasteiger partial charge in [0.1, 0.15) is 46.0 Å². The zero-order chi connectivity index (χ0) is 86.7. The lowest BCUT2D eigenvalue weighted by molar-refractivity contribution is 0.0971. The zero-order valence-corrected chi connectivity index (χ0v) is 72.4. The van der Waals surface area contributed by atoms with E-state index in [-0.39, 0.29) is 329 Å². The van der Waals surface area contributed by atoms with Gasteiger partial charge in [0.05, 0.1) is 0 Å². The summed E-state index contributed by atoms with van der Waals surface area (Å²) < 4.78 is 0. The standard InChI is InChI=1S/C104H128O16/c1-9-17-25-33-89(105)65-41-73-57-75-43-66(90(106)34-26-18-10-2)45-77(98(75)114)59-79-47-68(92(108)36-28-20-12-4)49-81(100(79)116)61-83-51-70(94(110)38-30-22-14-6)53-85(102(83)118)63-87-55-72(96(112)40-32-24-16-8)56-88(104(87)120)64-86-54-71(95(111)39-31-23-15-7)52-84(103(86)119)62-82-50-69(93(109)37-29-21-13-5)48-80(101(82)117)60-78-46-67(91(107)35-27-19-11-3)44-76(99(78)115)58-74(42-65)97(73)113/h41-56,113-120H,9-40,57-64H2,1-8H3. The predicted molar refractivity (Wildman–Crippen MR) is 475 cm³/mol. The van der Waals surface area contributed by atoms with Gasteiger partial charge in [0.2, 0.25) is 0 Å². The molecule has 0 saturated heterocycles. The van der Waals surface area contributed by atoms with E-state index in [1.165, 1.54) is 0 Å². The van der Waals surface area contributed by atoms with Crippen molar-refractivity contribution in [3.63, 3.8) is 0 Å². The van der Waals surface area contributed by atoms with Crippen molar-refractivity contribution in [2.45, 2.75) is 312 Å². The number of fused-ring (bicyclic) bond motifs is 16. The van der Waals surface area contributed by atoms with Crippen molar-refractivity contribution in [1.29, 1.82) is 0 Å². The Labute approximate surface area is 710 Å². The van der Waals surface area contributed by atoms with Crippen LogP contribution in [0.25, 0.3) is 0 Å². The maximum atomic E-state index is 14.7. The minimum absolute atomic E-state index is 0.151. The molecule has 0 heterocycles. The molecule has 640 valence electrons. The number of carbonyl (C=O) groups is 8. The second-order valence-electron chi connectivity index (χ2n) is 33.6. The fraction of sp³-hybridized carbons (Fsp3) is 0.462. The molecule has 0 unspecified atom stereocenters. The Bertz CT molecular complexity index is 3890. The van der Waals surface area contributed by atoms with E-state index >= 15 is 0 Å². The molecule has 0 atom stereocenters. The summed E-state index contributed by atoms with van der Waals surface area (Å²) in [5.41, 5.74) is 4.63. The first-order valence-electron chi connectivity index (χ1n) is 44.8. The Morgan fingerprint density at radius 2 is 0.250 bits per heavy atom. The van der Waals surface area contributed by atoms with Gasteiger partial charge in [-0.25, -0.2) is 0 Å². The highest BCUT2D eigenvalue weighted by Crippen LogP contribution is 2.44. The molecule has 16 bridgehead atoms. The van der Waals surface area contributed by atoms with Gasteiger partial charge in [-0.05, 0) is 237 Å². The summed E-state index contributed by atoms with van der Waals surface area (Å²) in [6.07, 6.45) is 16.3. The summed E-state index contributed by atoms with van der Waals surface area (Å²) in [5.74, 6) is -4.39. The minimum Gasteiger partial charge on any atom is -0.507 e. The van der Waals surface area contributed by atoms with Crippen molar-refractivity contribution < 1.29 is 79.2 Å². The summed E-state index contributed by atoms with van der Waals surface area (Å²) in [6, 6.07) is 25.1. The Balaban J connectivity index is 1.38. The average molecular weight is 1630 g/mol. The molecule has 16 heteroatoms. The van der Waals surface area contributed by atoms with Gasteiger partial charge in [-0.3, -0.25) is 38.4 Å². The van der Waals surface area contributed by atoms with E-state index in [4.69, 9.17) is 0 Å². The summed E-state index contributed by atoms with van der Waals surface area (Å²) in [7, 11) is 0. The molecule has 0 amide bonds. The molecule has 0 spiro atoms. The maximum absolute atomic E-state index is 14.7. The second kappa shape index (κ2) is 45.8. The average Bonchev–Trinajstić information content (AvgIpc) is 0.784. The first-order valence-corrected chi connectivity index (χ1v) is 44.8. The molecular weight excluding hydrogens is 1510 g/mol. The van der Waals surface area contributed by atoms with Crippen molar-refractivity contribution in [2.24, 2.45) is 0 Å². The number of carbonyl (C=O) groups excluding carboxylic acids is 8. The highest BCUT2D eigenvalue weighted by atomic mass is 16.3. The maximum Gasteiger partial charge on any atom is 0.162 e. The molecule has 8 N–H and O–H groups in total. The Hall–Kier alpha value is -10.5. The molecule has 120 heavy (non-hydrogen) atoms. The summed E-state index contributed by atoms with van der Waals surface area (Å²) in [4.78, 5) is 117. The molecule has 8 aromatic carbocycles. The van der Waals surface area contributed by atoms with E-state index in [9.17, 15) is 79.2 Å². The van der Waals surface area contributed by atoms with Crippen molar-refractivity contribution >= 4 is 46.3 Å². The van der Waals surface area contributed by atoms with Gasteiger partial charge in [0.15, 0.2) is 46.3 Å². The quantitative estimate of drug-likeness (QED) is 0.0131. The van der Waals surface area contributed by atoms with Crippen LogP contribution in [-0.4, -0.2) is 87.1 Å². The van der Waals surface area contributed by atoms with E-state index in [1.54, 1.807) is 97.1 Å². The summed E-state index contributed by atoms with van der Waals surface area (Å²) in [6.45, 7) is 16.2. The molecule has 16 nitrogen and oxygen atoms in total. The van der Waals surface area contributed by atoms with Crippen molar-refractivity contribution in [3.05, 3.63) is 231 Å². The van der Waals surface area contributed by atoms with Crippen LogP contribution in [0.3, 0.4) is 0 Å². The van der Waals surface area contributed by atoms with Crippen LogP contribution in [0.1, 0.15) is 433 Å². The molecule has 0 aliphatic heterocycles.